The Kier molecular flexibility index (Phi) is 5.11. The molecule has 0 saturated heterocycles. The van der Waals surface area contributed by atoms with E-state index in [1.807, 2.05) is 10.8 Å². The standard InChI is InChI=1S/C11H16N2O3S/c1-7(13-8(2)14)11(16)12-5-10(15)9-3-4-17-6-9/h3-4,6-7,10,15H,5H2,1-2H3,(H,12,16)(H,13,14). The van der Waals surface area contributed by atoms with Gasteiger partial charge in [-0.3, -0.25) is 9.59 Å². The molecule has 0 saturated carbocycles. The van der Waals surface area contributed by atoms with Gasteiger partial charge in [0.2, 0.25) is 11.8 Å². The van der Waals surface area contributed by atoms with Gasteiger partial charge in [0.05, 0.1) is 6.10 Å². The van der Waals surface area contributed by atoms with Crippen LogP contribution in [0.1, 0.15) is 25.5 Å². The summed E-state index contributed by atoms with van der Waals surface area (Å²) < 4.78 is 0. The predicted octanol–water partition coefficient (Wildman–Crippen LogP) is 0.422. The highest BCUT2D eigenvalue weighted by molar-refractivity contribution is 7.07. The Morgan fingerprint density at radius 2 is 2.24 bits per heavy atom. The molecule has 5 nitrogen and oxygen atoms in total. The highest BCUT2D eigenvalue weighted by atomic mass is 32.1. The Morgan fingerprint density at radius 1 is 1.53 bits per heavy atom. The third kappa shape index (κ3) is 4.54. The molecule has 3 N–H and O–H groups in total. The summed E-state index contributed by atoms with van der Waals surface area (Å²) in [6.45, 7) is 3.08. The lowest BCUT2D eigenvalue weighted by Crippen LogP contribution is -2.45. The Morgan fingerprint density at radius 3 is 2.76 bits per heavy atom. The van der Waals surface area contributed by atoms with Gasteiger partial charge in [-0.15, -0.1) is 0 Å². The summed E-state index contributed by atoms with van der Waals surface area (Å²) in [5.74, 6) is -0.569. The molecule has 0 bridgehead atoms. The van der Waals surface area contributed by atoms with Crippen molar-refractivity contribution in [3.05, 3.63) is 22.4 Å². The minimum Gasteiger partial charge on any atom is -0.387 e. The number of aliphatic hydroxyl groups is 1. The first kappa shape index (κ1) is 13.7. The molecule has 1 aromatic rings. The van der Waals surface area contributed by atoms with Gasteiger partial charge in [-0.1, -0.05) is 0 Å². The first-order valence-corrected chi connectivity index (χ1v) is 6.20. The second kappa shape index (κ2) is 6.36. The summed E-state index contributed by atoms with van der Waals surface area (Å²) >= 11 is 1.49. The van der Waals surface area contributed by atoms with Crippen LogP contribution >= 0.6 is 11.3 Å². The SMILES string of the molecule is CC(=O)NC(C)C(=O)NCC(O)c1ccsc1. The second-order valence-corrected chi connectivity index (χ2v) is 4.52. The molecule has 1 heterocycles. The van der Waals surface area contributed by atoms with Crippen molar-refractivity contribution >= 4 is 23.2 Å². The maximum atomic E-state index is 11.5. The molecule has 2 unspecified atom stereocenters. The van der Waals surface area contributed by atoms with Crippen LogP contribution in [0.2, 0.25) is 0 Å². The molecular weight excluding hydrogens is 240 g/mol. The summed E-state index contributed by atoms with van der Waals surface area (Å²) in [5, 5.41) is 18.5. The van der Waals surface area contributed by atoms with Crippen LogP contribution in [0.15, 0.2) is 16.8 Å². The van der Waals surface area contributed by atoms with Gasteiger partial charge in [0, 0.05) is 13.5 Å². The lowest BCUT2D eigenvalue weighted by atomic mass is 10.2. The zero-order valence-corrected chi connectivity index (χ0v) is 10.6. The summed E-state index contributed by atoms with van der Waals surface area (Å²) in [7, 11) is 0. The largest absolute Gasteiger partial charge is 0.387 e. The fraction of sp³-hybridized carbons (Fsp3) is 0.455. The number of aliphatic hydroxyl groups excluding tert-OH is 1. The van der Waals surface area contributed by atoms with Crippen molar-refractivity contribution in [2.24, 2.45) is 0 Å². The van der Waals surface area contributed by atoms with E-state index in [1.54, 1.807) is 13.0 Å². The van der Waals surface area contributed by atoms with E-state index in [-0.39, 0.29) is 18.4 Å². The zero-order chi connectivity index (χ0) is 12.8. The van der Waals surface area contributed by atoms with E-state index in [4.69, 9.17) is 0 Å². The molecule has 94 valence electrons. The third-order valence-electron chi connectivity index (χ3n) is 2.21. The molecule has 2 amide bonds. The third-order valence-corrected chi connectivity index (χ3v) is 2.91. The number of carbonyl (C=O) groups is 2. The minimum atomic E-state index is -0.713. The van der Waals surface area contributed by atoms with Crippen molar-refractivity contribution in [1.29, 1.82) is 0 Å². The van der Waals surface area contributed by atoms with Crippen LogP contribution in [-0.2, 0) is 9.59 Å². The van der Waals surface area contributed by atoms with Crippen LogP contribution in [0, 0.1) is 0 Å². The van der Waals surface area contributed by atoms with E-state index in [9.17, 15) is 14.7 Å². The Hall–Kier alpha value is -1.40. The summed E-state index contributed by atoms with van der Waals surface area (Å²) in [4.78, 5) is 22.3. The van der Waals surface area contributed by atoms with Gasteiger partial charge in [-0.25, -0.2) is 0 Å². The normalized spacial score (nSPS) is 13.8. The van der Waals surface area contributed by atoms with Gasteiger partial charge in [0.15, 0.2) is 0 Å². The van der Waals surface area contributed by atoms with Crippen molar-refractivity contribution in [3.8, 4) is 0 Å². The van der Waals surface area contributed by atoms with Crippen LogP contribution in [-0.4, -0.2) is 29.5 Å². The molecule has 0 spiro atoms. The van der Waals surface area contributed by atoms with Crippen molar-refractivity contribution < 1.29 is 14.7 Å². The highest BCUT2D eigenvalue weighted by Gasteiger charge is 2.15. The molecule has 0 aliphatic heterocycles. The van der Waals surface area contributed by atoms with E-state index in [1.165, 1.54) is 18.3 Å². The molecule has 0 aromatic carbocycles. The Balaban J connectivity index is 2.35. The quantitative estimate of drug-likeness (QED) is 0.714. The number of amides is 2. The fourth-order valence-corrected chi connectivity index (χ4v) is 2.01. The number of hydrogen-bond acceptors (Lipinski definition) is 4. The average Bonchev–Trinajstić information content (AvgIpc) is 2.77. The van der Waals surface area contributed by atoms with Crippen LogP contribution in [0.5, 0.6) is 0 Å². The summed E-state index contributed by atoms with van der Waals surface area (Å²) in [5.41, 5.74) is 0.780. The van der Waals surface area contributed by atoms with Crippen LogP contribution in [0.4, 0.5) is 0 Å². The topological polar surface area (TPSA) is 78.4 Å². The van der Waals surface area contributed by atoms with Crippen molar-refractivity contribution in [2.45, 2.75) is 26.0 Å². The van der Waals surface area contributed by atoms with Crippen LogP contribution in [0.3, 0.4) is 0 Å². The molecule has 0 radical (unpaired) electrons. The fourth-order valence-electron chi connectivity index (χ4n) is 1.30. The van der Waals surface area contributed by atoms with Gasteiger partial charge < -0.3 is 15.7 Å². The van der Waals surface area contributed by atoms with E-state index >= 15 is 0 Å². The number of nitrogens with one attached hydrogen (secondary N) is 2. The Bertz CT molecular complexity index is 378. The number of rotatable bonds is 5. The number of carbonyl (C=O) groups excluding carboxylic acids is 2. The van der Waals surface area contributed by atoms with Crippen LogP contribution in [0.25, 0.3) is 0 Å². The maximum absolute atomic E-state index is 11.5. The van der Waals surface area contributed by atoms with E-state index < -0.39 is 12.1 Å². The van der Waals surface area contributed by atoms with Gasteiger partial charge in [0.25, 0.3) is 0 Å². The predicted molar refractivity (Wildman–Crippen MR) is 65.6 cm³/mol. The average molecular weight is 256 g/mol. The van der Waals surface area contributed by atoms with Crippen molar-refractivity contribution in [2.75, 3.05) is 6.54 Å². The smallest absolute Gasteiger partial charge is 0.242 e. The molecule has 0 fully saturated rings. The number of thiophene rings is 1. The van der Waals surface area contributed by atoms with Gasteiger partial charge in [0.1, 0.15) is 6.04 Å². The molecule has 1 rings (SSSR count). The first-order valence-electron chi connectivity index (χ1n) is 5.25. The molecule has 1 aromatic heterocycles. The molecule has 6 heteroatoms. The Labute approximate surface area is 104 Å². The monoisotopic (exact) mass is 256 g/mol. The maximum Gasteiger partial charge on any atom is 0.242 e. The van der Waals surface area contributed by atoms with Gasteiger partial charge in [-0.05, 0) is 29.3 Å². The lowest BCUT2D eigenvalue weighted by molar-refractivity contribution is -0.127. The van der Waals surface area contributed by atoms with Gasteiger partial charge >= 0.3 is 0 Å². The molecule has 2 atom stereocenters. The highest BCUT2D eigenvalue weighted by Crippen LogP contribution is 2.14. The molecule has 0 aliphatic carbocycles. The molecular formula is C11H16N2O3S. The van der Waals surface area contributed by atoms with E-state index in [2.05, 4.69) is 10.6 Å². The van der Waals surface area contributed by atoms with Gasteiger partial charge in [-0.2, -0.15) is 11.3 Å². The summed E-state index contributed by atoms with van der Waals surface area (Å²) in [6.07, 6.45) is -0.713. The zero-order valence-electron chi connectivity index (χ0n) is 9.77. The second-order valence-electron chi connectivity index (χ2n) is 3.74. The molecule has 17 heavy (non-hydrogen) atoms. The minimum absolute atomic E-state index is 0.138. The number of hydrogen-bond donors (Lipinski definition) is 3. The summed E-state index contributed by atoms with van der Waals surface area (Å²) in [6, 6.07) is 1.21. The van der Waals surface area contributed by atoms with Crippen molar-refractivity contribution in [1.82, 2.24) is 10.6 Å². The van der Waals surface area contributed by atoms with Crippen LogP contribution < -0.4 is 10.6 Å². The molecule has 0 aliphatic rings. The van der Waals surface area contributed by atoms with Crippen molar-refractivity contribution in [3.63, 3.8) is 0 Å². The lowest BCUT2D eigenvalue weighted by Gasteiger charge is -2.15. The van der Waals surface area contributed by atoms with E-state index in [0.29, 0.717) is 0 Å². The first-order chi connectivity index (χ1) is 8.00. The van der Waals surface area contributed by atoms with E-state index in [0.717, 1.165) is 5.56 Å².